The Bertz CT molecular complexity index is 377. The van der Waals surface area contributed by atoms with E-state index in [1.165, 1.54) is 0 Å². The molecule has 0 unspecified atom stereocenters. The maximum absolute atomic E-state index is 5.98. The Morgan fingerprint density at radius 3 is 2.50 bits per heavy atom. The van der Waals surface area contributed by atoms with Gasteiger partial charge in [0.1, 0.15) is 0 Å². The average molecular weight is 309 g/mol. The number of rotatable bonds is 7. The van der Waals surface area contributed by atoms with Crippen LogP contribution in [-0.2, 0) is 6.54 Å². The van der Waals surface area contributed by atoms with Gasteiger partial charge in [0, 0.05) is 19.0 Å². The molecule has 18 heavy (non-hydrogen) atoms. The van der Waals surface area contributed by atoms with Crippen LogP contribution in [0.4, 0.5) is 0 Å². The lowest BCUT2D eigenvalue weighted by atomic mass is 9.88. The molecule has 0 aliphatic heterocycles. The van der Waals surface area contributed by atoms with Gasteiger partial charge in [0.25, 0.3) is 0 Å². The number of benzene rings is 1. The molecule has 0 fully saturated rings. The van der Waals surface area contributed by atoms with Crippen molar-refractivity contribution in [3.63, 3.8) is 0 Å². The average Bonchev–Trinajstić information content (AvgIpc) is 2.31. The van der Waals surface area contributed by atoms with Gasteiger partial charge in [0.2, 0.25) is 0 Å². The quantitative estimate of drug-likeness (QED) is 0.689. The van der Waals surface area contributed by atoms with E-state index in [2.05, 4.69) is 19.2 Å². The summed E-state index contributed by atoms with van der Waals surface area (Å²) >= 11 is 17.6. The van der Waals surface area contributed by atoms with Crippen molar-refractivity contribution in [2.24, 2.45) is 5.41 Å². The molecule has 0 aromatic heterocycles. The molecule has 0 aliphatic rings. The van der Waals surface area contributed by atoms with E-state index < -0.39 is 0 Å². The van der Waals surface area contributed by atoms with Gasteiger partial charge in [-0.2, -0.15) is 0 Å². The lowest BCUT2D eigenvalue weighted by molar-refractivity contribution is 0.311. The molecule has 1 aromatic carbocycles. The van der Waals surface area contributed by atoms with Gasteiger partial charge in [-0.15, -0.1) is 11.6 Å². The van der Waals surface area contributed by atoms with Gasteiger partial charge in [0.15, 0.2) is 0 Å². The Kier molecular flexibility index (Phi) is 6.79. The highest BCUT2D eigenvalue weighted by atomic mass is 35.5. The van der Waals surface area contributed by atoms with Crippen LogP contribution in [0.25, 0.3) is 0 Å². The van der Waals surface area contributed by atoms with E-state index in [0.29, 0.717) is 10.0 Å². The molecule has 1 rings (SSSR count). The molecule has 0 spiro atoms. The minimum Gasteiger partial charge on any atom is -0.312 e. The third-order valence-corrected chi connectivity index (χ3v) is 3.91. The first-order valence-corrected chi connectivity index (χ1v) is 7.44. The van der Waals surface area contributed by atoms with E-state index in [1.807, 2.05) is 18.2 Å². The molecule has 0 heterocycles. The van der Waals surface area contributed by atoms with Crippen molar-refractivity contribution in [3.8, 4) is 0 Å². The lowest BCUT2D eigenvalue weighted by Gasteiger charge is -2.24. The normalized spacial score (nSPS) is 11.8. The lowest BCUT2D eigenvalue weighted by Crippen LogP contribution is -2.29. The first-order chi connectivity index (χ1) is 8.44. The molecule has 1 nitrogen and oxygen atoms in total. The summed E-state index contributed by atoms with van der Waals surface area (Å²) in [4.78, 5) is 0. The number of hydrogen-bond acceptors (Lipinski definition) is 1. The maximum Gasteiger partial charge on any atom is 0.0595 e. The molecule has 1 aromatic rings. The molecule has 0 aliphatic carbocycles. The standard InChI is InChI=1S/C14H20Cl3N/c1-14(2,6-3-7-15)10-18-9-11-4-5-12(16)13(17)8-11/h4-5,8,18H,3,6-7,9-10H2,1-2H3. The Labute approximate surface area is 125 Å². The van der Waals surface area contributed by atoms with Crippen LogP contribution in [0.2, 0.25) is 10.0 Å². The van der Waals surface area contributed by atoms with Crippen LogP contribution < -0.4 is 5.32 Å². The fraction of sp³-hybridized carbons (Fsp3) is 0.571. The summed E-state index contributed by atoms with van der Waals surface area (Å²) < 4.78 is 0. The molecule has 102 valence electrons. The van der Waals surface area contributed by atoms with Gasteiger partial charge >= 0.3 is 0 Å². The molecule has 1 N–H and O–H groups in total. The van der Waals surface area contributed by atoms with Gasteiger partial charge in [0.05, 0.1) is 10.0 Å². The Morgan fingerprint density at radius 1 is 1.17 bits per heavy atom. The second-order valence-corrected chi connectivity index (χ2v) is 6.50. The summed E-state index contributed by atoms with van der Waals surface area (Å²) in [5.74, 6) is 0.732. The van der Waals surface area contributed by atoms with Crippen LogP contribution in [-0.4, -0.2) is 12.4 Å². The Balaban J connectivity index is 2.39. The van der Waals surface area contributed by atoms with E-state index in [0.717, 1.165) is 37.4 Å². The second kappa shape index (κ2) is 7.59. The monoisotopic (exact) mass is 307 g/mol. The Morgan fingerprint density at radius 2 is 1.89 bits per heavy atom. The van der Waals surface area contributed by atoms with Gasteiger partial charge in [-0.05, 0) is 36.0 Å². The summed E-state index contributed by atoms with van der Waals surface area (Å²) in [6.45, 7) is 6.27. The van der Waals surface area contributed by atoms with Crippen LogP contribution in [0.1, 0.15) is 32.3 Å². The predicted molar refractivity (Wildman–Crippen MR) is 81.9 cm³/mol. The minimum atomic E-state index is 0.269. The van der Waals surface area contributed by atoms with Crippen molar-refractivity contribution >= 4 is 34.8 Å². The molecular weight excluding hydrogens is 289 g/mol. The second-order valence-electron chi connectivity index (χ2n) is 5.31. The van der Waals surface area contributed by atoms with Crippen molar-refractivity contribution in [1.82, 2.24) is 5.32 Å². The maximum atomic E-state index is 5.98. The first kappa shape index (κ1) is 16.1. The highest BCUT2D eigenvalue weighted by molar-refractivity contribution is 6.42. The molecule has 0 saturated heterocycles. The van der Waals surface area contributed by atoms with Gasteiger partial charge < -0.3 is 5.32 Å². The van der Waals surface area contributed by atoms with Gasteiger partial charge in [-0.1, -0.05) is 43.1 Å². The zero-order chi connectivity index (χ0) is 13.6. The van der Waals surface area contributed by atoms with Crippen LogP contribution in [0.15, 0.2) is 18.2 Å². The fourth-order valence-corrected chi connectivity index (χ4v) is 2.28. The molecule has 0 atom stereocenters. The minimum absolute atomic E-state index is 0.269. The van der Waals surface area contributed by atoms with E-state index >= 15 is 0 Å². The van der Waals surface area contributed by atoms with Gasteiger partial charge in [-0.25, -0.2) is 0 Å². The largest absolute Gasteiger partial charge is 0.312 e. The van der Waals surface area contributed by atoms with E-state index in [4.69, 9.17) is 34.8 Å². The zero-order valence-electron chi connectivity index (χ0n) is 10.9. The van der Waals surface area contributed by atoms with Crippen molar-refractivity contribution in [1.29, 1.82) is 0 Å². The third-order valence-electron chi connectivity index (χ3n) is 2.90. The van der Waals surface area contributed by atoms with Gasteiger partial charge in [-0.3, -0.25) is 0 Å². The molecule has 0 saturated carbocycles. The highest BCUT2D eigenvalue weighted by Gasteiger charge is 2.16. The van der Waals surface area contributed by atoms with E-state index in [9.17, 15) is 0 Å². The number of hydrogen-bond donors (Lipinski definition) is 1. The topological polar surface area (TPSA) is 12.0 Å². The van der Waals surface area contributed by atoms with Crippen LogP contribution in [0.5, 0.6) is 0 Å². The van der Waals surface area contributed by atoms with Crippen molar-refractivity contribution < 1.29 is 0 Å². The third kappa shape index (κ3) is 5.79. The summed E-state index contributed by atoms with van der Waals surface area (Å²) in [5, 5.41) is 4.66. The van der Waals surface area contributed by atoms with Crippen LogP contribution >= 0.6 is 34.8 Å². The molecule has 0 amide bonds. The van der Waals surface area contributed by atoms with Crippen molar-refractivity contribution in [2.45, 2.75) is 33.2 Å². The SMILES string of the molecule is CC(C)(CCCCl)CNCc1ccc(Cl)c(Cl)c1. The van der Waals surface area contributed by atoms with E-state index in [-0.39, 0.29) is 5.41 Å². The zero-order valence-corrected chi connectivity index (χ0v) is 13.2. The smallest absolute Gasteiger partial charge is 0.0595 e. The number of nitrogens with one attached hydrogen (secondary N) is 1. The number of halogens is 3. The van der Waals surface area contributed by atoms with Crippen molar-refractivity contribution in [2.75, 3.05) is 12.4 Å². The van der Waals surface area contributed by atoms with E-state index in [1.54, 1.807) is 0 Å². The highest BCUT2D eigenvalue weighted by Crippen LogP contribution is 2.23. The predicted octanol–water partition coefficient (Wildman–Crippen LogP) is 5.13. The summed E-state index contributed by atoms with van der Waals surface area (Å²) in [7, 11) is 0. The fourth-order valence-electron chi connectivity index (χ4n) is 1.83. The number of alkyl halides is 1. The van der Waals surface area contributed by atoms with Crippen molar-refractivity contribution in [3.05, 3.63) is 33.8 Å². The molecule has 0 bridgehead atoms. The molecular formula is C14H20Cl3N. The summed E-state index contributed by atoms with van der Waals surface area (Å²) in [6, 6.07) is 5.73. The summed E-state index contributed by atoms with van der Waals surface area (Å²) in [6.07, 6.45) is 2.19. The molecule has 0 radical (unpaired) electrons. The first-order valence-electron chi connectivity index (χ1n) is 6.15. The molecule has 4 heteroatoms. The summed E-state index contributed by atoms with van der Waals surface area (Å²) in [5.41, 5.74) is 1.42. The Hall–Kier alpha value is 0.0500. The van der Waals surface area contributed by atoms with Crippen LogP contribution in [0, 0.1) is 5.41 Å². The van der Waals surface area contributed by atoms with Crippen LogP contribution in [0.3, 0.4) is 0 Å².